The highest BCUT2D eigenvalue weighted by Crippen LogP contribution is 2.25. The number of carbonyl (C=O) groups excluding carboxylic acids is 3. The maximum atomic E-state index is 12.2. The minimum Gasteiger partial charge on any atom is -0.465 e. The number of thiol groups is 2. The number of thioether (sulfide) groups is 1. The average Bonchev–Trinajstić information content (AvgIpc) is 2.80. The van der Waals surface area contributed by atoms with E-state index < -0.39 is 23.3 Å². The van der Waals surface area contributed by atoms with Crippen molar-refractivity contribution in [2.24, 2.45) is 5.41 Å². The molecule has 0 amide bonds. The Labute approximate surface area is 211 Å². The Morgan fingerprint density at radius 3 is 1.91 bits per heavy atom. The third-order valence-corrected chi connectivity index (χ3v) is 5.74. The Bertz CT molecular complexity index is 527. The topological polar surface area (TPSA) is 118 Å². The first-order valence-electron chi connectivity index (χ1n) is 10.9. The Morgan fingerprint density at radius 2 is 1.45 bits per heavy atom. The van der Waals surface area contributed by atoms with Gasteiger partial charge in [0.05, 0.1) is 56.5 Å². The highest BCUT2D eigenvalue weighted by atomic mass is 32.2. The van der Waals surface area contributed by atoms with E-state index in [0.29, 0.717) is 36.2 Å². The predicted molar refractivity (Wildman–Crippen MR) is 133 cm³/mol. The van der Waals surface area contributed by atoms with Crippen molar-refractivity contribution in [3.63, 3.8) is 0 Å². The molecule has 0 aromatic carbocycles. The highest BCUT2D eigenvalue weighted by molar-refractivity contribution is 7.99. The molecule has 0 bridgehead atoms. The van der Waals surface area contributed by atoms with Crippen LogP contribution < -0.4 is 0 Å². The van der Waals surface area contributed by atoms with Gasteiger partial charge < -0.3 is 28.8 Å². The summed E-state index contributed by atoms with van der Waals surface area (Å²) in [5, 5.41) is 8.71. The van der Waals surface area contributed by atoms with Crippen molar-refractivity contribution in [1.82, 2.24) is 0 Å². The SMILES string of the molecule is CCC(COC(=O)CCS)(COC(=O)CCS)COC(=O)CCSCOCC(C)OCCO. The highest BCUT2D eigenvalue weighted by Gasteiger charge is 2.34. The molecule has 0 aromatic rings. The smallest absolute Gasteiger partial charge is 0.306 e. The van der Waals surface area contributed by atoms with E-state index in [2.05, 4.69) is 25.3 Å². The van der Waals surface area contributed by atoms with Gasteiger partial charge in [-0.05, 0) is 13.3 Å². The number of esters is 3. The van der Waals surface area contributed by atoms with Crippen molar-refractivity contribution in [3.05, 3.63) is 0 Å². The van der Waals surface area contributed by atoms with Crippen molar-refractivity contribution in [2.45, 2.75) is 45.6 Å². The molecule has 0 saturated carbocycles. The third kappa shape index (κ3) is 17.4. The van der Waals surface area contributed by atoms with Crippen LogP contribution in [0.4, 0.5) is 0 Å². The zero-order chi connectivity index (χ0) is 25.0. The van der Waals surface area contributed by atoms with Crippen LogP contribution in [0.2, 0.25) is 0 Å². The Hall–Kier alpha value is -0.660. The van der Waals surface area contributed by atoms with Gasteiger partial charge in [-0.25, -0.2) is 0 Å². The molecule has 0 radical (unpaired) electrons. The van der Waals surface area contributed by atoms with Crippen LogP contribution in [-0.2, 0) is 38.1 Å². The number of aliphatic hydroxyl groups is 1. The van der Waals surface area contributed by atoms with Crippen molar-refractivity contribution in [3.8, 4) is 0 Å². The maximum absolute atomic E-state index is 12.2. The molecule has 0 aromatic heterocycles. The van der Waals surface area contributed by atoms with Gasteiger partial charge in [-0.15, -0.1) is 11.8 Å². The second-order valence-corrected chi connectivity index (χ2v) is 9.28. The molecule has 194 valence electrons. The molecule has 1 N–H and O–H groups in total. The lowest BCUT2D eigenvalue weighted by atomic mass is 9.88. The van der Waals surface area contributed by atoms with Crippen LogP contribution in [-0.4, -0.2) is 92.0 Å². The molecule has 0 spiro atoms. The van der Waals surface area contributed by atoms with Gasteiger partial charge >= 0.3 is 17.9 Å². The lowest BCUT2D eigenvalue weighted by Crippen LogP contribution is -2.39. The molecule has 0 aliphatic heterocycles. The summed E-state index contributed by atoms with van der Waals surface area (Å²) in [5.74, 6) is 0.411. The summed E-state index contributed by atoms with van der Waals surface area (Å²) in [6, 6.07) is 0. The summed E-state index contributed by atoms with van der Waals surface area (Å²) in [5.41, 5.74) is -0.824. The van der Waals surface area contributed by atoms with E-state index >= 15 is 0 Å². The van der Waals surface area contributed by atoms with Gasteiger partial charge in [0, 0.05) is 17.3 Å². The second-order valence-electron chi connectivity index (χ2n) is 7.33. The largest absolute Gasteiger partial charge is 0.465 e. The molecule has 12 heteroatoms. The van der Waals surface area contributed by atoms with Crippen LogP contribution in [0, 0.1) is 5.41 Å². The minimum absolute atomic E-state index is 0.0310. The van der Waals surface area contributed by atoms with Crippen molar-refractivity contribution < 1.29 is 43.2 Å². The summed E-state index contributed by atoms with van der Waals surface area (Å²) < 4.78 is 26.8. The molecule has 1 unspecified atom stereocenters. The van der Waals surface area contributed by atoms with Gasteiger partial charge in [-0.2, -0.15) is 25.3 Å². The van der Waals surface area contributed by atoms with Crippen molar-refractivity contribution in [1.29, 1.82) is 0 Å². The normalized spacial score (nSPS) is 12.3. The number of hydrogen-bond donors (Lipinski definition) is 3. The monoisotopic (exact) mass is 530 g/mol. The fourth-order valence-corrected chi connectivity index (χ4v) is 3.33. The molecule has 0 aliphatic rings. The molecule has 0 saturated heterocycles. The van der Waals surface area contributed by atoms with Crippen LogP contribution in [0.25, 0.3) is 0 Å². The van der Waals surface area contributed by atoms with Crippen LogP contribution in [0.5, 0.6) is 0 Å². The Kier molecular flexibility index (Phi) is 20.3. The standard InChI is InChI=1S/C21H38O9S3/c1-3-21(13-28-18(23)4-9-31,14-29-19(24)5-10-32)15-30-20(25)6-11-33-16-26-12-17(2)27-8-7-22/h17,22,31-32H,3-16H2,1-2H3. The maximum Gasteiger partial charge on any atom is 0.306 e. The van der Waals surface area contributed by atoms with Gasteiger partial charge in [0.1, 0.15) is 19.8 Å². The molecular weight excluding hydrogens is 492 g/mol. The van der Waals surface area contributed by atoms with E-state index in [9.17, 15) is 14.4 Å². The molecule has 1 atom stereocenters. The first kappa shape index (κ1) is 32.3. The quantitative estimate of drug-likeness (QED) is 0.0670. The summed E-state index contributed by atoms with van der Waals surface area (Å²) in [7, 11) is 0. The number of aliphatic hydroxyl groups excluding tert-OH is 1. The van der Waals surface area contributed by atoms with Crippen LogP contribution in [0.1, 0.15) is 39.5 Å². The van der Waals surface area contributed by atoms with Crippen LogP contribution in [0.15, 0.2) is 0 Å². The van der Waals surface area contributed by atoms with Crippen LogP contribution in [0.3, 0.4) is 0 Å². The first-order chi connectivity index (χ1) is 15.8. The van der Waals surface area contributed by atoms with E-state index in [1.165, 1.54) is 11.8 Å². The third-order valence-electron chi connectivity index (χ3n) is 4.46. The Morgan fingerprint density at radius 1 is 0.939 bits per heavy atom. The fourth-order valence-electron chi connectivity index (χ4n) is 2.32. The average molecular weight is 531 g/mol. The molecule has 9 nitrogen and oxygen atoms in total. The van der Waals surface area contributed by atoms with E-state index in [4.69, 9.17) is 28.8 Å². The minimum atomic E-state index is -0.824. The first-order valence-corrected chi connectivity index (χ1v) is 13.3. The lowest BCUT2D eigenvalue weighted by molar-refractivity contribution is -0.161. The summed E-state index contributed by atoms with van der Waals surface area (Å²) >= 11 is 9.47. The number of hydrogen-bond acceptors (Lipinski definition) is 12. The number of rotatable bonds is 21. The number of ether oxygens (including phenoxy) is 5. The zero-order valence-corrected chi connectivity index (χ0v) is 22.1. The fraction of sp³-hybridized carbons (Fsp3) is 0.857. The second kappa shape index (κ2) is 20.7. The van der Waals surface area contributed by atoms with E-state index in [0.717, 1.165) is 0 Å². The molecule has 33 heavy (non-hydrogen) atoms. The molecule has 0 fully saturated rings. The zero-order valence-electron chi connectivity index (χ0n) is 19.5. The summed E-state index contributed by atoms with van der Waals surface area (Å²) in [6.45, 7) is 4.24. The molecule has 0 heterocycles. The van der Waals surface area contributed by atoms with Gasteiger partial charge in [-0.1, -0.05) is 6.92 Å². The van der Waals surface area contributed by atoms with Gasteiger partial charge in [0.2, 0.25) is 0 Å². The van der Waals surface area contributed by atoms with Crippen molar-refractivity contribution >= 4 is 54.9 Å². The van der Waals surface area contributed by atoms with Gasteiger partial charge in [-0.3, -0.25) is 14.4 Å². The lowest BCUT2D eigenvalue weighted by Gasteiger charge is -2.31. The molecule has 0 rings (SSSR count). The predicted octanol–water partition coefficient (Wildman–Crippen LogP) is 2.15. The van der Waals surface area contributed by atoms with E-state index in [1.807, 2.05) is 13.8 Å². The van der Waals surface area contributed by atoms with Gasteiger partial charge in [0.25, 0.3) is 0 Å². The summed E-state index contributed by atoms with van der Waals surface area (Å²) in [6.07, 6.45) is 0.862. The van der Waals surface area contributed by atoms with E-state index in [-0.39, 0.29) is 58.4 Å². The Balaban J connectivity index is 4.47. The van der Waals surface area contributed by atoms with Gasteiger partial charge in [0.15, 0.2) is 0 Å². The molecular formula is C21H38O9S3. The number of carbonyl (C=O) groups is 3. The van der Waals surface area contributed by atoms with Crippen LogP contribution >= 0.6 is 37.0 Å². The van der Waals surface area contributed by atoms with E-state index in [1.54, 1.807) is 0 Å². The molecule has 0 aliphatic carbocycles. The summed E-state index contributed by atoms with van der Waals surface area (Å²) in [4.78, 5) is 35.7. The van der Waals surface area contributed by atoms with Crippen molar-refractivity contribution in [2.75, 3.05) is 62.8 Å².